The molecule has 0 heterocycles. The summed E-state index contributed by atoms with van der Waals surface area (Å²) in [5.74, 6) is 3.62. The van der Waals surface area contributed by atoms with Gasteiger partial charge in [0.2, 0.25) is 0 Å². The molecule has 4 aliphatic carbocycles. The van der Waals surface area contributed by atoms with Crippen molar-refractivity contribution < 1.29 is 4.79 Å². The Bertz CT molecular complexity index is 563. The summed E-state index contributed by atoms with van der Waals surface area (Å²) in [6, 6.07) is 2.54. The van der Waals surface area contributed by atoms with Crippen molar-refractivity contribution >= 4 is 5.78 Å². The van der Waals surface area contributed by atoms with Gasteiger partial charge in [-0.15, -0.1) is 0 Å². The van der Waals surface area contributed by atoms with Crippen LogP contribution >= 0.6 is 0 Å². The van der Waals surface area contributed by atoms with Crippen LogP contribution in [0, 0.1) is 57.7 Å². The highest BCUT2D eigenvalue weighted by Crippen LogP contribution is 2.66. The number of ketones is 1. The third kappa shape index (κ3) is 2.01. The first-order chi connectivity index (χ1) is 10.9. The van der Waals surface area contributed by atoms with E-state index in [9.17, 15) is 10.1 Å². The van der Waals surface area contributed by atoms with Gasteiger partial charge in [-0.1, -0.05) is 27.2 Å². The van der Waals surface area contributed by atoms with Gasteiger partial charge in [0.25, 0.3) is 0 Å². The van der Waals surface area contributed by atoms with Crippen molar-refractivity contribution in [2.45, 2.75) is 72.1 Å². The third-order valence-electron chi connectivity index (χ3n) is 8.70. The van der Waals surface area contributed by atoms with Crippen LogP contribution in [0.4, 0.5) is 0 Å². The van der Waals surface area contributed by atoms with Gasteiger partial charge in [-0.05, 0) is 73.0 Å². The summed E-state index contributed by atoms with van der Waals surface area (Å²) in [5, 5.41) is 9.56. The number of Topliss-reactive ketones (excluding diaryl/α,β-unsaturated/α-hetero) is 1. The van der Waals surface area contributed by atoms with E-state index in [4.69, 9.17) is 0 Å². The zero-order valence-electron chi connectivity index (χ0n) is 15.0. The molecule has 2 nitrogen and oxygen atoms in total. The van der Waals surface area contributed by atoms with Gasteiger partial charge in [-0.3, -0.25) is 4.79 Å². The van der Waals surface area contributed by atoms with Gasteiger partial charge >= 0.3 is 0 Å². The fourth-order valence-electron chi connectivity index (χ4n) is 7.70. The van der Waals surface area contributed by atoms with E-state index in [1.807, 2.05) is 0 Å². The summed E-state index contributed by atoms with van der Waals surface area (Å²) in [7, 11) is 0. The Morgan fingerprint density at radius 3 is 2.52 bits per heavy atom. The molecule has 0 radical (unpaired) electrons. The highest BCUT2D eigenvalue weighted by molar-refractivity contribution is 5.84. The van der Waals surface area contributed by atoms with Crippen LogP contribution in [-0.2, 0) is 4.79 Å². The number of nitrogens with zero attached hydrogens (tertiary/aromatic N) is 1. The molecule has 0 aromatic carbocycles. The Kier molecular flexibility index (Phi) is 3.46. The third-order valence-corrected chi connectivity index (χ3v) is 8.70. The zero-order valence-corrected chi connectivity index (χ0v) is 15.0. The molecule has 4 rings (SSSR count). The van der Waals surface area contributed by atoms with Crippen LogP contribution in [0.1, 0.15) is 72.1 Å². The summed E-state index contributed by atoms with van der Waals surface area (Å²) in [4.78, 5) is 13.3. The lowest BCUT2D eigenvalue weighted by Gasteiger charge is -2.60. The van der Waals surface area contributed by atoms with E-state index in [2.05, 4.69) is 26.8 Å². The van der Waals surface area contributed by atoms with Gasteiger partial charge < -0.3 is 0 Å². The number of nitriles is 1. The molecule has 23 heavy (non-hydrogen) atoms. The highest BCUT2D eigenvalue weighted by Gasteiger charge is 2.63. The van der Waals surface area contributed by atoms with Gasteiger partial charge in [0.1, 0.15) is 5.78 Å². The Balaban J connectivity index is 1.71. The summed E-state index contributed by atoms with van der Waals surface area (Å²) in [6.45, 7) is 7.08. The number of carbonyl (C=O) groups is 1. The van der Waals surface area contributed by atoms with Crippen molar-refractivity contribution in [3.63, 3.8) is 0 Å². The van der Waals surface area contributed by atoms with Gasteiger partial charge in [0.05, 0.1) is 12.0 Å². The molecule has 0 saturated heterocycles. The van der Waals surface area contributed by atoms with Crippen LogP contribution in [0.15, 0.2) is 0 Å². The largest absolute Gasteiger partial charge is 0.299 e. The first-order valence-electron chi connectivity index (χ1n) is 9.82. The van der Waals surface area contributed by atoms with Crippen LogP contribution in [0.2, 0.25) is 0 Å². The Morgan fingerprint density at radius 2 is 1.78 bits per heavy atom. The van der Waals surface area contributed by atoms with E-state index in [0.717, 1.165) is 18.3 Å². The summed E-state index contributed by atoms with van der Waals surface area (Å²) >= 11 is 0. The normalized spacial score (nSPS) is 55.5. The molecule has 4 fully saturated rings. The standard InChI is InChI=1S/C21H31NO/c1-13-4-5-14-6-8-16-17-9-7-15(12-22)20(17,2)11-18(23)19(16)21(14,3)10-13/h13-17,19H,4-11H2,1-3H3. The lowest BCUT2D eigenvalue weighted by molar-refractivity contribution is -0.158. The molecule has 0 aromatic rings. The van der Waals surface area contributed by atoms with E-state index in [0.29, 0.717) is 30.0 Å². The van der Waals surface area contributed by atoms with Crippen LogP contribution in [0.25, 0.3) is 0 Å². The monoisotopic (exact) mass is 313 g/mol. The molecule has 8 atom stereocenters. The molecule has 0 aromatic heterocycles. The molecule has 0 bridgehead atoms. The molecular formula is C21H31NO. The Morgan fingerprint density at radius 1 is 1.04 bits per heavy atom. The number of rotatable bonds is 0. The van der Waals surface area contributed by atoms with Crippen molar-refractivity contribution in [3.8, 4) is 6.07 Å². The van der Waals surface area contributed by atoms with Gasteiger partial charge in [0, 0.05) is 12.3 Å². The molecule has 126 valence electrons. The first-order valence-corrected chi connectivity index (χ1v) is 9.82. The SMILES string of the molecule is CC1CCC2CCC3C4CCC(C#N)C4(C)CC(=O)C3C2(C)C1. The number of hydrogen-bond donors (Lipinski definition) is 0. The van der Waals surface area contributed by atoms with Crippen LogP contribution in [0.5, 0.6) is 0 Å². The maximum Gasteiger partial charge on any atom is 0.137 e. The van der Waals surface area contributed by atoms with Crippen LogP contribution in [0.3, 0.4) is 0 Å². The number of fused-ring (bicyclic) bond motifs is 5. The van der Waals surface area contributed by atoms with Gasteiger partial charge in [-0.25, -0.2) is 0 Å². The van der Waals surface area contributed by atoms with E-state index < -0.39 is 0 Å². The van der Waals surface area contributed by atoms with Crippen molar-refractivity contribution in [3.05, 3.63) is 0 Å². The molecule has 8 unspecified atom stereocenters. The highest BCUT2D eigenvalue weighted by atomic mass is 16.1. The van der Waals surface area contributed by atoms with Gasteiger partial charge in [0.15, 0.2) is 0 Å². The maximum absolute atomic E-state index is 13.3. The minimum Gasteiger partial charge on any atom is -0.299 e. The fraction of sp³-hybridized carbons (Fsp3) is 0.905. The van der Waals surface area contributed by atoms with Crippen LogP contribution in [-0.4, -0.2) is 5.78 Å². The van der Waals surface area contributed by atoms with E-state index >= 15 is 0 Å². The average molecular weight is 313 g/mol. The maximum atomic E-state index is 13.3. The molecule has 4 saturated carbocycles. The summed E-state index contributed by atoms with van der Waals surface area (Å²) in [5.41, 5.74) is 0.209. The molecular weight excluding hydrogens is 282 g/mol. The predicted octanol–water partition coefficient (Wildman–Crippen LogP) is 4.98. The van der Waals surface area contributed by atoms with Crippen molar-refractivity contribution in [2.24, 2.45) is 46.3 Å². The van der Waals surface area contributed by atoms with E-state index in [1.165, 1.54) is 38.5 Å². The molecule has 0 N–H and O–H groups in total. The number of hydrogen-bond acceptors (Lipinski definition) is 2. The fourth-order valence-corrected chi connectivity index (χ4v) is 7.70. The first kappa shape index (κ1) is 15.7. The smallest absolute Gasteiger partial charge is 0.137 e. The second-order valence-electron chi connectivity index (χ2n) is 9.82. The molecule has 0 amide bonds. The minimum atomic E-state index is -0.0313. The topological polar surface area (TPSA) is 40.9 Å². The van der Waals surface area contributed by atoms with Crippen LogP contribution < -0.4 is 0 Å². The summed E-state index contributed by atoms with van der Waals surface area (Å²) in [6.07, 6.45) is 9.36. The molecule has 4 aliphatic rings. The van der Waals surface area contributed by atoms with E-state index in [-0.39, 0.29) is 16.7 Å². The lowest BCUT2D eigenvalue weighted by atomic mass is 9.44. The van der Waals surface area contributed by atoms with Crippen molar-refractivity contribution in [1.82, 2.24) is 0 Å². The summed E-state index contributed by atoms with van der Waals surface area (Å²) < 4.78 is 0. The quantitative estimate of drug-likeness (QED) is 0.632. The molecule has 2 heteroatoms. The molecule has 0 aliphatic heterocycles. The zero-order chi connectivity index (χ0) is 16.4. The average Bonchev–Trinajstić information content (AvgIpc) is 2.81. The second-order valence-corrected chi connectivity index (χ2v) is 9.82. The lowest BCUT2D eigenvalue weighted by Crippen LogP contribution is -2.57. The Labute approximate surface area is 141 Å². The molecule has 0 spiro atoms. The van der Waals surface area contributed by atoms with Crippen molar-refractivity contribution in [1.29, 1.82) is 5.26 Å². The minimum absolute atomic E-state index is 0.0313. The van der Waals surface area contributed by atoms with Crippen molar-refractivity contribution in [2.75, 3.05) is 0 Å². The predicted molar refractivity (Wildman–Crippen MR) is 90.4 cm³/mol. The number of carbonyl (C=O) groups excluding carboxylic acids is 1. The second kappa shape index (κ2) is 5.08. The van der Waals surface area contributed by atoms with E-state index in [1.54, 1.807) is 0 Å². The van der Waals surface area contributed by atoms with Gasteiger partial charge in [-0.2, -0.15) is 5.26 Å². The Hall–Kier alpha value is -0.840.